The first kappa shape index (κ1) is 18.9. The molecular formula is C21H22N6O2S. The van der Waals surface area contributed by atoms with Crippen molar-refractivity contribution in [3.63, 3.8) is 0 Å². The molecule has 1 aliphatic rings. The Labute approximate surface area is 177 Å². The molecule has 0 saturated carbocycles. The summed E-state index contributed by atoms with van der Waals surface area (Å²) in [5, 5.41) is 12.1. The fraction of sp³-hybridized carbons (Fsp3) is 0.381. The van der Waals surface area contributed by atoms with E-state index in [4.69, 9.17) is 4.52 Å². The Balaban J connectivity index is 1.31. The summed E-state index contributed by atoms with van der Waals surface area (Å²) < 4.78 is 7.60. The Bertz CT molecular complexity index is 1170. The fourth-order valence-electron chi connectivity index (χ4n) is 3.90. The van der Waals surface area contributed by atoms with Crippen LogP contribution in [0.25, 0.3) is 22.3 Å². The summed E-state index contributed by atoms with van der Waals surface area (Å²) in [5.41, 5.74) is 1.97. The molecule has 8 nitrogen and oxygen atoms in total. The molecule has 4 heterocycles. The fourth-order valence-corrected chi connectivity index (χ4v) is 4.50. The molecule has 9 heteroatoms. The molecule has 0 aliphatic carbocycles. The minimum absolute atomic E-state index is 0.00438. The van der Waals surface area contributed by atoms with Gasteiger partial charge in [-0.25, -0.2) is 4.98 Å². The van der Waals surface area contributed by atoms with Crippen LogP contribution in [0, 0.1) is 0 Å². The van der Waals surface area contributed by atoms with Crippen LogP contribution < -0.4 is 0 Å². The van der Waals surface area contributed by atoms with Gasteiger partial charge in [0.1, 0.15) is 0 Å². The SMILES string of the molecule is CC(C)n1ncc2ccc(-c3noc(C4CCN(C(=O)c5nccs5)CC4)n3)cc21. The standard InChI is InChI=1S/C21H22N6O2S/c1-13(2)27-17-11-15(3-4-16(17)12-23-27)18-24-19(29-25-18)14-5-8-26(9-6-14)21(28)20-22-7-10-30-20/h3-4,7,10-14H,5-6,8-9H2,1-2H3. The first-order valence-electron chi connectivity index (χ1n) is 10.1. The second-order valence-corrected chi connectivity index (χ2v) is 8.71. The van der Waals surface area contributed by atoms with E-state index in [1.807, 2.05) is 33.3 Å². The molecule has 0 atom stereocenters. The minimum Gasteiger partial charge on any atom is -0.339 e. The van der Waals surface area contributed by atoms with Crippen molar-refractivity contribution in [3.8, 4) is 11.4 Å². The maximum Gasteiger partial charge on any atom is 0.282 e. The Kier molecular flexibility index (Phi) is 4.82. The summed E-state index contributed by atoms with van der Waals surface area (Å²) in [5.74, 6) is 1.40. The number of benzene rings is 1. The van der Waals surface area contributed by atoms with E-state index in [-0.39, 0.29) is 17.9 Å². The minimum atomic E-state index is 0.00438. The van der Waals surface area contributed by atoms with Gasteiger partial charge in [-0.05, 0) is 32.8 Å². The van der Waals surface area contributed by atoms with E-state index in [0.29, 0.717) is 29.8 Å². The number of aromatic nitrogens is 5. The van der Waals surface area contributed by atoms with Crippen LogP contribution in [0.1, 0.15) is 54.3 Å². The zero-order valence-corrected chi connectivity index (χ0v) is 17.7. The quantitative estimate of drug-likeness (QED) is 0.491. The predicted molar refractivity (Wildman–Crippen MR) is 113 cm³/mol. The van der Waals surface area contributed by atoms with Gasteiger partial charge >= 0.3 is 0 Å². The van der Waals surface area contributed by atoms with Gasteiger partial charge in [0.25, 0.3) is 5.91 Å². The molecule has 0 spiro atoms. The lowest BCUT2D eigenvalue weighted by Crippen LogP contribution is -2.37. The average Bonchev–Trinajstić information content (AvgIpc) is 3.53. The van der Waals surface area contributed by atoms with E-state index in [9.17, 15) is 4.79 Å². The van der Waals surface area contributed by atoms with Gasteiger partial charge in [0.15, 0.2) is 5.01 Å². The number of hydrogen-bond acceptors (Lipinski definition) is 7. The van der Waals surface area contributed by atoms with Crippen molar-refractivity contribution < 1.29 is 9.32 Å². The van der Waals surface area contributed by atoms with Crippen LogP contribution in [0.5, 0.6) is 0 Å². The first-order chi connectivity index (χ1) is 14.6. The van der Waals surface area contributed by atoms with E-state index in [0.717, 1.165) is 29.3 Å². The van der Waals surface area contributed by atoms with Gasteiger partial charge in [-0.3, -0.25) is 9.48 Å². The number of piperidine rings is 1. The van der Waals surface area contributed by atoms with Gasteiger partial charge < -0.3 is 9.42 Å². The Hall–Kier alpha value is -3.07. The second kappa shape index (κ2) is 7.64. The zero-order valence-electron chi connectivity index (χ0n) is 16.9. The number of carbonyl (C=O) groups is 1. The van der Waals surface area contributed by atoms with E-state index >= 15 is 0 Å². The van der Waals surface area contributed by atoms with Crippen LogP contribution in [0.2, 0.25) is 0 Å². The van der Waals surface area contributed by atoms with Crippen LogP contribution in [0.15, 0.2) is 40.5 Å². The summed E-state index contributed by atoms with van der Waals surface area (Å²) in [4.78, 5) is 23.1. The largest absolute Gasteiger partial charge is 0.339 e. The number of carbonyl (C=O) groups excluding carboxylic acids is 1. The smallest absolute Gasteiger partial charge is 0.282 e. The highest BCUT2D eigenvalue weighted by Crippen LogP contribution is 2.30. The van der Waals surface area contributed by atoms with Crippen LogP contribution in [-0.4, -0.2) is 48.8 Å². The third-order valence-electron chi connectivity index (χ3n) is 5.53. The number of rotatable bonds is 4. The van der Waals surface area contributed by atoms with Crippen molar-refractivity contribution in [2.24, 2.45) is 0 Å². The number of thiazole rings is 1. The molecular weight excluding hydrogens is 400 g/mol. The summed E-state index contributed by atoms with van der Waals surface area (Å²) in [6, 6.07) is 6.37. The summed E-state index contributed by atoms with van der Waals surface area (Å²) in [6.45, 7) is 5.55. The summed E-state index contributed by atoms with van der Waals surface area (Å²) in [6.07, 6.45) is 5.15. The lowest BCUT2D eigenvalue weighted by Gasteiger charge is -2.29. The first-order valence-corrected chi connectivity index (χ1v) is 11.0. The highest BCUT2D eigenvalue weighted by atomic mass is 32.1. The van der Waals surface area contributed by atoms with Gasteiger partial charge in [-0.15, -0.1) is 11.3 Å². The van der Waals surface area contributed by atoms with Crippen molar-refractivity contribution in [2.45, 2.75) is 38.6 Å². The molecule has 0 unspecified atom stereocenters. The second-order valence-electron chi connectivity index (χ2n) is 7.82. The Morgan fingerprint density at radius 2 is 2.10 bits per heavy atom. The van der Waals surface area contributed by atoms with Gasteiger partial charge in [-0.1, -0.05) is 17.3 Å². The van der Waals surface area contributed by atoms with Crippen molar-refractivity contribution >= 4 is 28.1 Å². The number of amides is 1. The molecule has 1 aromatic carbocycles. The Morgan fingerprint density at radius 1 is 1.27 bits per heavy atom. The monoisotopic (exact) mass is 422 g/mol. The molecule has 0 bridgehead atoms. The average molecular weight is 423 g/mol. The molecule has 5 rings (SSSR count). The van der Waals surface area contributed by atoms with Crippen molar-refractivity contribution in [1.82, 2.24) is 29.8 Å². The molecule has 0 N–H and O–H groups in total. The molecule has 1 fully saturated rings. The van der Waals surface area contributed by atoms with Gasteiger partial charge in [-0.2, -0.15) is 10.1 Å². The van der Waals surface area contributed by atoms with Gasteiger partial charge in [0.05, 0.1) is 11.7 Å². The highest BCUT2D eigenvalue weighted by Gasteiger charge is 2.29. The van der Waals surface area contributed by atoms with Crippen molar-refractivity contribution in [1.29, 1.82) is 0 Å². The lowest BCUT2D eigenvalue weighted by atomic mass is 9.96. The maximum absolute atomic E-state index is 12.5. The normalized spacial score (nSPS) is 15.4. The molecule has 1 amide bonds. The Morgan fingerprint density at radius 3 is 2.83 bits per heavy atom. The lowest BCUT2D eigenvalue weighted by molar-refractivity contribution is 0.0704. The molecule has 0 radical (unpaired) electrons. The highest BCUT2D eigenvalue weighted by molar-refractivity contribution is 7.11. The van der Waals surface area contributed by atoms with Gasteiger partial charge in [0, 0.05) is 47.6 Å². The number of likely N-dealkylation sites (tertiary alicyclic amines) is 1. The number of nitrogens with zero attached hydrogens (tertiary/aromatic N) is 6. The van der Waals surface area contributed by atoms with Crippen LogP contribution in [-0.2, 0) is 0 Å². The van der Waals surface area contributed by atoms with Crippen molar-refractivity contribution in [2.75, 3.05) is 13.1 Å². The molecule has 154 valence electrons. The molecule has 4 aromatic rings. The summed E-state index contributed by atoms with van der Waals surface area (Å²) in [7, 11) is 0. The summed E-state index contributed by atoms with van der Waals surface area (Å²) >= 11 is 1.38. The van der Waals surface area contributed by atoms with Crippen molar-refractivity contribution in [3.05, 3.63) is 46.9 Å². The van der Waals surface area contributed by atoms with E-state index in [1.54, 1.807) is 6.20 Å². The number of fused-ring (bicyclic) bond motifs is 1. The van der Waals surface area contributed by atoms with Gasteiger partial charge in [0.2, 0.25) is 11.7 Å². The van der Waals surface area contributed by atoms with Crippen LogP contribution >= 0.6 is 11.3 Å². The van der Waals surface area contributed by atoms with Crippen LogP contribution in [0.3, 0.4) is 0 Å². The zero-order chi connectivity index (χ0) is 20.7. The number of hydrogen-bond donors (Lipinski definition) is 0. The van der Waals surface area contributed by atoms with Crippen LogP contribution in [0.4, 0.5) is 0 Å². The maximum atomic E-state index is 12.5. The van der Waals surface area contributed by atoms with E-state index in [1.165, 1.54) is 11.3 Å². The molecule has 30 heavy (non-hydrogen) atoms. The predicted octanol–water partition coefficient (Wildman–Crippen LogP) is 4.14. The molecule has 1 saturated heterocycles. The third-order valence-corrected chi connectivity index (χ3v) is 6.30. The topological polar surface area (TPSA) is 89.9 Å². The van der Waals surface area contributed by atoms with E-state index < -0.39 is 0 Å². The molecule has 1 aliphatic heterocycles. The van der Waals surface area contributed by atoms with E-state index in [2.05, 4.69) is 40.1 Å². The molecule has 3 aromatic heterocycles. The third kappa shape index (κ3) is 3.39.